The number of rotatable bonds is 9. The standard InChI is InChI=1S/C17H35NO/c1-5-10-18-17(9-12-19-11-6-2)16-8-7-14(3)15(4)13-16/h14-18H,5-13H2,1-4H3. The van der Waals surface area contributed by atoms with Crippen molar-refractivity contribution in [3.05, 3.63) is 0 Å². The molecule has 0 aromatic heterocycles. The van der Waals surface area contributed by atoms with Gasteiger partial charge in [-0.3, -0.25) is 0 Å². The maximum absolute atomic E-state index is 5.69. The van der Waals surface area contributed by atoms with E-state index >= 15 is 0 Å². The molecule has 4 atom stereocenters. The van der Waals surface area contributed by atoms with Crippen molar-refractivity contribution < 1.29 is 4.74 Å². The van der Waals surface area contributed by atoms with Gasteiger partial charge in [-0.2, -0.15) is 0 Å². The van der Waals surface area contributed by atoms with Gasteiger partial charge in [0.1, 0.15) is 0 Å². The maximum Gasteiger partial charge on any atom is 0.0480 e. The summed E-state index contributed by atoms with van der Waals surface area (Å²) in [6.45, 7) is 12.3. The molecular weight excluding hydrogens is 234 g/mol. The van der Waals surface area contributed by atoms with Gasteiger partial charge < -0.3 is 10.1 Å². The highest BCUT2D eigenvalue weighted by atomic mass is 16.5. The van der Waals surface area contributed by atoms with E-state index in [1.807, 2.05) is 0 Å². The summed E-state index contributed by atoms with van der Waals surface area (Å²) in [4.78, 5) is 0. The van der Waals surface area contributed by atoms with Crippen LogP contribution in [0.15, 0.2) is 0 Å². The molecule has 0 amide bonds. The molecule has 0 aromatic rings. The average molecular weight is 269 g/mol. The molecule has 0 aromatic carbocycles. The van der Waals surface area contributed by atoms with Gasteiger partial charge in [0.05, 0.1) is 0 Å². The molecule has 1 saturated carbocycles. The normalized spacial score (nSPS) is 29.4. The van der Waals surface area contributed by atoms with Crippen LogP contribution in [0.3, 0.4) is 0 Å². The molecule has 1 N–H and O–H groups in total. The summed E-state index contributed by atoms with van der Waals surface area (Å²) in [6.07, 6.45) is 7.75. The first-order valence-electron chi connectivity index (χ1n) is 8.50. The Balaban J connectivity index is 2.38. The van der Waals surface area contributed by atoms with Crippen LogP contribution in [0.4, 0.5) is 0 Å². The summed E-state index contributed by atoms with van der Waals surface area (Å²) >= 11 is 0. The Kier molecular flexibility index (Phi) is 8.72. The molecule has 0 spiro atoms. The minimum absolute atomic E-state index is 0.673. The summed E-state index contributed by atoms with van der Waals surface area (Å²) in [6, 6.07) is 0.673. The predicted molar refractivity (Wildman–Crippen MR) is 83.5 cm³/mol. The van der Waals surface area contributed by atoms with Gasteiger partial charge in [-0.05, 0) is 56.4 Å². The Hall–Kier alpha value is -0.0800. The van der Waals surface area contributed by atoms with E-state index in [0.717, 1.165) is 43.9 Å². The van der Waals surface area contributed by atoms with Crippen LogP contribution in [-0.4, -0.2) is 25.8 Å². The number of ether oxygens (including phenoxy) is 1. The van der Waals surface area contributed by atoms with Gasteiger partial charge in [-0.1, -0.05) is 34.1 Å². The zero-order valence-electron chi connectivity index (χ0n) is 13.6. The molecule has 0 heterocycles. The van der Waals surface area contributed by atoms with E-state index in [-0.39, 0.29) is 0 Å². The van der Waals surface area contributed by atoms with Crippen LogP contribution >= 0.6 is 0 Å². The second-order valence-electron chi connectivity index (χ2n) is 6.49. The van der Waals surface area contributed by atoms with Crippen LogP contribution in [0.1, 0.15) is 66.2 Å². The SMILES string of the molecule is CCCNC(CCOCCC)C1CCC(C)C(C)C1. The van der Waals surface area contributed by atoms with Crippen LogP contribution in [-0.2, 0) is 4.74 Å². The Morgan fingerprint density at radius 3 is 2.47 bits per heavy atom. The lowest BCUT2D eigenvalue weighted by atomic mass is 9.72. The highest BCUT2D eigenvalue weighted by Gasteiger charge is 2.29. The van der Waals surface area contributed by atoms with Crippen molar-refractivity contribution in [3.8, 4) is 0 Å². The Labute approximate surface area is 120 Å². The quantitative estimate of drug-likeness (QED) is 0.632. The van der Waals surface area contributed by atoms with E-state index < -0.39 is 0 Å². The van der Waals surface area contributed by atoms with Gasteiger partial charge in [0.15, 0.2) is 0 Å². The van der Waals surface area contributed by atoms with Gasteiger partial charge in [-0.15, -0.1) is 0 Å². The minimum atomic E-state index is 0.673. The van der Waals surface area contributed by atoms with E-state index in [9.17, 15) is 0 Å². The summed E-state index contributed by atoms with van der Waals surface area (Å²) < 4.78 is 5.69. The second-order valence-corrected chi connectivity index (χ2v) is 6.49. The Morgan fingerprint density at radius 1 is 1.05 bits per heavy atom. The van der Waals surface area contributed by atoms with Crippen LogP contribution in [0.5, 0.6) is 0 Å². The maximum atomic E-state index is 5.69. The van der Waals surface area contributed by atoms with Gasteiger partial charge in [0, 0.05) is 19.3 Å². The molecule has 2 heteroatoms. The van der Waals surface area contributed by atoms with Crippen molar-refractivity contribution in [3.63, 3.8) is 0 Å². The van der Waals surface area contributed by atoms with Gasteiger partial charge >= 0.3 is 0 Å². The van der Waals surface area contributed by atoms with Crippen LogP contribution in [0.25, 0.3) is 0 Å². The molecule has 1 fully saturated rings. The molecule has 2 nitrogen and oxygen atoms in total. The van der Waals surface area contributed by atoms with Gasteiger partial charge in [-0.25, -0.2) is 0 Å². The van der Waals surface area contributed by atoms with Crippen molar-refractivity contribution in [2.24, 2.45) is 17.8 Å². The average Bonchev–Trinajstić information content (AvgIpc) is 2.41. The van der Waals surface area contributed by atoms with Crippen LogP contribution in [0.2, 0.25) is 0 Å². The fourth-order valence-electron chi connectivity index (χ4n) is 3.25. The smallest absolute Gasteiger partial charge is 0.0480 e. The number of hydrogen-bond donors (Lipinski definition) is 1. The number of nitrogens with one attached hydrogen (secondary N) is 1. The molecule has 1 rings (SSSR count). The Morgan fingerprint density at radius 2 is 1.84 bits per heavy atom. The third-order valence-electron chi connectivity index (χ3n) is 4.79. The molecule has 114 valence electrons. The first-order chi connectivity index (χ1) is 9.19. The first-order valence-corrected chi connectivity index (χ1v) is 8.50. The third-order valence-corrected chi connectivity index (χ3v) is 4.79. The summed E-state index contributed by atoms with van der Waals surface area (Å²) in [5, 5.41) is 3.77. The topological polar surface area (TPSA) is 21.3 Å². The monoisotopic (exact) mass is 269 g/mol. The predicted octanol–water partition coefficient (Wildman–Crippen LogP) is 4.24. The molecule has 1 aliphatic carbocycles. The van der Waals surface area contributed by atoms with Crippen LogP contribution in [0, 0.1) is 17.8 Å². The lowest BCUT2D eigenvalue weighted by Gasteiger charge is -2.37. The van der Waals surface area contributed by atoms with Crippen molar-refractivity contribution in [2.75, 3.05) is 19.8 Å². The van der Waals surface area contributed by atoms with E-state index in [2.05, 4.69) is 33.0 Å². The van der Waals surface area contributed by atoms with Crippen molar-refractivity contribution in [1.82, 2.24) is 5.32 Å². The second kappa shape index (κ2) is 9.77. The lowest BCUT2D eigenvalue weighted by Crippen LogP contribution is -2.40. The lowest BCUT2D eigenvalue weighted by molar-refractivity contribution is 0.102. The fraction of sp³-hybridized carbons (Fsp3) is 1.00. The van der Waals surface area contributed by atoms with E-state index in [1.165, 1.54) is 32.1 Å². The van der Waals surface area contributed by atoms with Gasteiger partial charge in [0.2, 0.25) is 0 Å². The summed E-state index contributed by atoms with van der Waals surface area (Å²) in [7, 11) is 0. The molecule has 0 bridgehead atoms. The minimum Gasteiger partial charge on any atom is -0.381 e. The van der Waals surface area contributed by atoms with Crippen molar-refractivity contribution in [1.29, 1.82) is 0 Å². The van der Waals surface area contributed by atoms with E-state index in [1.54, 1.807) is 0 Å². The zero-order chi connectivity index (χ0) is 14.1. The summed E-state index contributed by atoms with van der Waals surface area (Å²) in [5.74, 6) is 2.67. The first kappa shape index (κ1) is 17.0. The molecule has 0 saturated heterocycles. The highest BCUT2D eigenvalue weighted by molar-refractivity contribution is 4.83. The van der Waals surface area contributed by atoms with Crippen LogP contribution < -0.4 is 5.32 Å². The molecule has 0 radical (unpaired) electrons. The zero-order valence-corrected chi connectivity index (χ0v) is 13.6. The van der Waals surface area contributed by atoms with Crippen molar-refractivity contribution >= 4 is 0 Å². The Bertz CT molecular complexity index is 219. The molecule has 1 aliphatic rings. The molecule has 4 unspecified atom stereocenters. The fourth-order valence-corrected chi connectivity index (χ4v) is 3.25. The molecular formula is C17H35NO. The number of hydrogen-bond acceptors (Lipinski definition) is 2. The third kappa shape index (κ3) is 6.27. The van der Waals surface area contributed by atoms with Gasteiger partial charge in [0.25, 0.3) is 0 Å². The largest absolute Gasteiger partial charge is 0.381 e. The summed E-state index contributed by atoms with van der Waals surface area (Å²) in [5.41, 5.74) is 0. The highest BCUT2D eigenvalue weighted by Crippen LogP contribution is 2.35. The molecule has 19 heavy (non-hydrogen) atoms. The van der Waals surface area contributed by atoms with E-state index in [0.29, 0.717) is 6.04 Å². The van der Waals surface area contributed by atoms with Crippen molar-refractivity contribution in [2.45, 2.75) is 72.3 Å². The van der Waals surface area contributed by atoms with E-state index in [4.69, 9.17) is 4.74 Å². The molecule has 0 aliphatic heterocycles.